The number of fused-ring (bicyclic) bond motifs is 1. The zero-order valence-electron chi connectivity index (χ0n) is 13.4. The maximum atomic E-state index is 12.2. The molecule has 3 N–H and O–H groups in total. The molecule has 0 saturated heterocycles. The average Bonchev–Trinajstić information content (AvgIpc) is 3.03. The van der Waals surface area contributed by atoms with Gasteiger partial charge in [0.05, 0.1) is 0 Å². The number of hydrogen-bond donors (Lipinski definition) is 3. The van der Waals surface area contributed by atoms with Crippen LogP contribution in [0.15, 0.2) is 25.0 Å². The molecule has 0 radical (unpaired) electrons. The van der Waals surface area contributed by atoms with Gasteiger partial charge in [-0.2, -0.15) is 18.2 Å². The zero-order valence-corrected chi connectivity index (χ0v) is 13.4. The van der Waals surface area contributed by atoms with Crippen molar-refractivity contribution < 1.29 is 18.0 Å². The molecule has 0 unspecified atom stereocenters. The van der Waals surface area contributed by atoms with E-state index in [1.807, 2.05) is 0 Å². The van der Waals surface area contributed by atoms with Crippen LogP contribution in [0.1, 0.15) is 6.92 Å². The van der Waals surface area contributed by atoms with Crippen LogP contribution >= 0.6 is 0 Å². The van der Waals surface area contributed by atoms with Crippen LogP contribution in [0.4, 0.5) is 19.1 Å². The number of anilines is 1. The molecule has 1 amide bonds. The highest BCUT2D eigenvalue weighted by Gasteiger charge is 2.28. The molecule has 12 heteroatoms. The quantitative estimate of drug-likeness (QED) is 0.622. The fraction of sp³-hybridized carbons (Fsp3) is 0.286. The van der Waals surface area contributed by atoms with Crippen molar-refractivity contribution in [3.63, 3.8) is 0 Å². The molecule has 3 aromatic rings. The lowest BCUT2D eigenvalue weighted by atomic mass is 10.2. The predicted octanol–water partition coefficient (Wildman–Crippen LogP) is 1.29. The maximum Gasteiger partial charge on any atom is 0.405 e. The summed E-state index contributed by atoms with van der Waals surface area (Å²) < 4.78 is 36.5. The Bertz CT molecular complexity index is 926. The third-order valence-corrected chi connectivity index (χ3v) is 3.37. The molecule has 0 saturated carbocycles. The predicted molar refractivity (Wildman–Crippen MR) is 84.9 cm³/mol. The lowest BCUT2D eigenvalue weighted by molar-refractivity contribution is -0.138. The van der Waals surface area contributed by atoms with Gasteiger partial charge in [0, 0.05) is 23.3 Å². The summed E-state index contributed by atoms with van der Waals surface area (Å²) in [6.45, 7) is -0.00958. The molecular formula is C14H13F3N8O. The van der Waals surface area contributed by atoms with Crippen LogP contribution in [0.3, 0.4) is 0 Å². The topological polar surface area (TPSA) is 121 Å². The summed E-state index contributed by atoms with van der Waals surface area (Å²) in [5.74, 6) is -0.480. The Labute approximate surface area is 144 Å². The molecule has 0 aromatic carbocycles. The minimum atomic E-state index is -4.48. The minimum Gasteiger partial charge on any atom is -0.345 e. The van der Waals surface area contributed by atoms with E-state index in [-0.39, 0.29) is 5.95 Å². The molecule has 26 heavy (non-hydrogen) atoms. The summed E-state index contributed by atoms with van der Waals surface area (Å²) in [6, 6.07) is -0.973. The van der Waals surface area contributed by atoms with E-state index in [0.717, 1.165) is 0 Å². The fourth-order valence-electron chi connectivity index (χ4n) is 2.14. The summed E-state index contributed by atoms with van der Waals surface area (Å²) in [7, 11) is 0. The second-order valence-electron chi connectivity index (χ2n) is 5.32. The first-order valence-corrected chi connectivity index (χ1v) is 7.41. The van der Waals surface area contributed by atoms with Crippen LogP contribution in [-0.4, -0.2) is 54.6 Å². The van der Waals surface area contributed by atoms with Gasteiger partial charge >= 0.3 is 6.18 Å². The average molecular weight is 366 g/mol. The van der Waals surface area contributed by atoms with E-state index in [1.54, 1.807) is 17.7 Å². The van der Waals surface area contributed by atoms with E-state index in [4.69, 9.17) is 0 Å². The van der Waals surface area contributed by atoms with Gasteiger partial charge in [-0.3, -0.25) is 4.79 Å². The van der Waals surface area contributed by atoms with Crippen molar-refractivity contribution in [2.75, 3.05) is 11.9 Å². The molecular weight excluding hydrogens is 353 g/mol. The highest BCUT2D eigenvalue weighted by molar-refractivity contribution is 5.90. The second kappa shape index (κ2) is 6.90. The number of aromatic amines is 1. The van der Waals surface area contributed by atoms with Crippen LogP contribution in [-0.2, 0) is 4.79 Å². The molecule has 0 aliphatic carbocycles. The van der Waals surface area contributed by atoms with Gasteiger partial charge in [-0.25, -0.2) is 19.9 Å². The molecule has 3 rings (SSSR count). The molecule has 3 aromatic heterocycles. The van der Waals surface area contributed by atoms with Crippen LogP contribution in [0.2, 0.25) is 0 Å². The molecule has 1 atom stereocenters. The van der Waals surface area contributed by atoms with Crippen molar-refractivity contribution in [2.24, 2.45) is 0 Å². The van der Waals surface area contributed by atoms with Gasteiger partial charge in [0.25, 0.3) is 0 Å². The molecule has 3 heterocycles. The summed E-state index contributed by atoms with van der Waals surface area (Å²) in [5.41, 5.74) is 1.23. The zero-order chi connectivity index (χ0) is 18.7. The number of halogens is 3. The van der Waals surface area contributed by atoms with Gasteiger partial charge in [0.15, 0.2) is 5.82 Å². The number of amides is 1. The van der Waals surface area contributed by atoms with Gasteiger partial charge in [-0.05, 0) is 6.92 Å². The van der Waals surface area contributed by atoms with Gasteiger partial charge < -0.3 is 15.6 Å². The van der Waals surface area contributed by atoms with E-state index in [1.165, 1.54) is 19.6 Å². The Morgan fingerprint density at radius 2 is 2.08 bits per heavy atom. The number of H-pyrrole nitrogens is 1. The van der Waals surface area contributed by atoms with Crippen LogP contribution in [0.5, 0.6) is 0 Å². The number of nitrogens with one attached hydrogen (secondary N) is 3. The number of alkyl halides is 3. The second-order valence-corrected chi connectivity index (χ2v) is 5.32. The summed E-state index contributed by atoms with van der Waals surface area (Å²) in [4.78, 5) is 34.8. The summed E-state index contributed by atoms with van der Waals surface area (Å²) in [6.07, 6.45) is 1.39. The van der Waals surface area contributed by atoms with Crippen molar-refractivity contribution >= 4 is 22.9 Å². The minimum absolute atomic E-state index is 0.0517. The Balaban J connectivity index is 1.74. The molecule has 9 nitrogen and oxygen atoms in total. The lowest BCUT2D eigenvalue weighted by Crippen LogP contribution is -2.42. The highest BCUT2D eigenvalue weighted by atomic mass is 19.4. The molecule has 0 bridgehead atoms. The number of nitrogens with zero attached hydrogens (tertiary/aromatic N) is 5. The van der Waals surface area contributed by atoms with Crippen molar-refractivity contribution in [2.45, 2.75) is 19.1 Å². The first-order valence-electron chi connectivity index (χ1n) is 7.41. The molecule has 0 aliphatic rings. The smallest absolute Gasteiger partial charge is 0.345 e. The Kier molecular flexibility index (Phi) is 4.65. The van der Waals surface area contributed by atoms with Crippen molar-refractivity contribution in [1.29, 1.82) is 0 Å². The van der Waals surface area contributed by atoms with Crippen molar-refractivity contribution in [3.8, 4) is 11.4 Å². The van der Waals surface area contributed by atoms with Crippen LogP contribution in [0.25, 0.3) is 22.4 Å². The van der Waals surface area contributed by atoms with E-state index in [0.29, 0.717) is 22.4 Å². The third-order valence-electron chi connectivity index (χ3n) is 3.37. The number of carbonyl (C=O) groups is 1. The first-order chi connectivity index (χ1) is 12.3. The van der Waals surface area contributed by atoms with Crippen LogP contribution in [0, 0.1) is 0 Å². The van der Waals surface area contributed by atoms with E-state index in [2.05, 4.69) is 35.2 Å². The molecule has 0 aliphatic heterocycles. The highest BCUT2D eigenvalue weighted by Crippen LogP contribution is 2.24. The van der Waals surface area contributed by atoms with Gasteiger partial charge in [0.1, 0.15) is 30.9 Å². The first kappa shape index (κ1) is 17.5. The van der Waals surface area contributed by atoms with Crippen molar-refractivity contribution in [1.82, 2.24) is 35.2 Å². The molecule has 0 spiro atoms. The maximum absolute atomic E-state index is 12.2. The largest absolute Gasteiger partial charge is 0.405 e. The molecule has 136 valence electrons. The van der Waals surface area contributed by atoms with Crippen molar-refractivity contribution in [3.05, 3.63) is 25.0 Å². The van der Waals surface area contributed by atoms with Gasteiger partial charge in [-0.15, -0.1) is 0 Å². The number of aromatic nitrogens is 6. The lowest BCUT2D eigenvalue weighted by Gasteiger charge is -2.15. The van der Waals surface area contributed by atoms with Gasteiger partial charge in [0.2, 0.25) is 11.9 Å². The van der Waals surface area contributed by atoms with Crippen LogP contribution < -0.4 is 10.6 Å². The summed E-state index contributed by atoms with van der Waals surface area (Å²) in [5, 5.41) is 5.13. The standard InChI is InChI=1S/C14H13F3N8O/c1-7(12(26)20-4-14(15,16)17)24-13-23-6-22-11(25-13)9-3-19-10-8(9)2-18-5-21-10/h2-3,5-7H,4H2,1H3,(H,20,26)(H,18,19,21)(H,22,23,24,25)/t7-/m0/s1. The van der Waals surface area contributed by atoms with E-state index < -0.39 is 24.7 Å². The Morgan fingerprint density at radius 1 is 1.27 bits per heavy atom. The Morgan fingerprint density at radius 3 is 2.85 bits per heavy atom. The number of rotatable bonds is 5. The Hall–Kier alpha value is -3.31. The fourth-order valence-corrected chi connectivity index (χ4v) is 2.14. The summed E-state index contributed by atoms with van der Waals surface area (Å²) >= 11 is 0. The third kappa shape index (κ3) is 4.02. The van der Waals surface area contributed by atoms with E-state index in [9.17, 15) is 18.0 Å². The molecule has 0 fully saturated rings. The normalized spacial score (nSPS) is 12.8. The number of hydrogen-bond acceptors (Lipinski definition) is 7. The monoisotopic (exact) mass is 366 g/mol. The van der Waals surface area contributed by atoms with E-state index >= 15 is 0 Å². The number of carbonyl (C=O) groups excluding carboxylic acids is 1. The van der Waals surface area contributed by atoms with Gasteiger partial charge in [-0.1, -0.05) is 0 Å². The SMILES string of the molecule is C[C@H](Nc1ncnc(-c2c[nH]c3ncncc23)n1)C(=O)NCC(F)(F)F.